The summed E-state index contributed by atoms with van der Waals surface area (Å²) in [7, 11) is 0. The van der Waals surface area contributed by atoms with E-state index in [4.69, 9.17) is 5.11 Å². The zero-order chi connectivity index (χ0) is 13.3. The van der Waals surface area contributed by atoms with Crippen LogP contribution in [-0.4, -0.2) is 14.9 Å². The van der Waals surface area contributed by atoms with Gasteiger partial charge < -0.3 is 5.11 Å². The maximum absolute atomic E-state index is 9.14. The lowest BCUT2D eigenvalue weighted by atomic mass is 10.1. The van der Waals surface area contributed by atoms with E-state index in [9.17, 15) is 0 Å². The highest BCUT2D eigenvalue weighted by Crippen LogP contribution is 2.21. The van der Waals surface area contributed by atoms with Crippen molar-refractivity contribution in [1.29, 1.82) is 0 Å². The minimum absolute atomic E-state index is 0.0818. The summed E-state index contributed by atoms with van der Waals surface area (Å²) in [4.78, 5) is 0. The first-order valence-electron chi connectivity index (χ1n) is 6.34. The smallest absolute Gasteiger partial charge is 0.0681 e. The predicted octanol–water partition coefficient (Wildman–Crippen LogP) is 2.85. The molecule has 2 rings (SSSR count). The normalized spacial score (nSPS) is 10.9. The molecule has 18 heavy (non-hydrogen) atoms. The van der Waals surface area contributed by atoms with E-state index in [0.717, 1.165) is 28.9 Å². The van der Waals surface area contributed by atoms with E-state index in [2.05, 4.69) is 32.8 Å². The van der Waals surface area contributed by atoms with E-state index in [1.165, 1.54) is 11.3 Å². The number of aromatic nitrogens is 2. The fourth-order valence-corrected chi connectivity index (χ4v) is 2.47. The third-order valence-electron chi connectivity index (χ3n) is 3.47. The number of hydrogen-bond donors (Lipinski definition) is 1. The fraction of sp³-hybridized carbons (Fsp3) is 0.400. The van der Waals surface area contributed by atoms with Gasteiger partial charge in [0.15, 0.2) is 0 Å². The van der Waals surface area contributed by atoms with Crippen molar-refractivity contribution in [2.45, 2.75) is 40.7 Å². The summed E-state index contributed by atoms with van der Waals surface area (Å²) in [5.41, 5.74) is 6.78. The highest BCUT2D eigenvalue weighted by Gasteiger charge is 2.12. The third kappa shape index (κ3) is 2.06. The molecule has 1 aromatic carbocycles. The van der Waals surface area contributed by atoms with Crippen LogP contribution in [-0.2, 0) is 13.0 Å². The Morgan fingerprint density at radius 1 is 1.22 bits per heavy atom. The molecule has 0 saturated carbocycles. The van der Waals surface area contributed by atoms with Gasteiger partial charge in [-0.05, 0) is 49.9 Å². The fourth-order valence-electron chi connectivity index (χ4n) is 2.47. The first-order chi connectivity index (χ1) is 8.58. The highest BCUT2D eigenvalue weighted by molar-refractivity contribution is 5.44. The lowest BCUT2D eigenvalue weighted by molar-refractivity contribution is 0.282. The first kappa shape index (κ1) is 12.8. The second-order valence-electron chi connectivity index (χ2n) is 4.69. The summed E-state index contributed by atoms with van der Waals surface area (Å²) in [6.07, 6.45) is 1.01. The Balaban J connectivity index is 2.55. The van der Waals surface area contributed by atoms with E-state index in [1.807, 2.05) is 22.9 Å². The number of rotatable bonds is 3. The molecular weight excluding hydrogens is 224 g/mol. The van der Waals surface area contributed by atoms with Crippen LogP contribution in [0.4, 0.5) is 0 Å². The molecule has 0 fully saturated rings. The van der Waals surface area contributed by atoms with Gasteiger partial charge in [-0.15, -0.1) is 0 Å². The Morgan fingerprint density at radius 2 is 1.94 bits per heavy atom. The topological polar surface area (TPSA) is 38.0 Å². The summed E-state index contributed by atoms with van der Waals surface area (Å²) in [6.45, 7) is 8.45. The van der Waals surface area contributed by atoms with Crippen molar-refractivity contribution in [3.63, 3.8) is 0 Å². The first-order valence-corrected chi connectivity index (χ1v) is 6.34. The van der Waals surface area contributed by atoms with Crippen molar-refractivity contribution in [2.24, 2.45) is 0 Å². The van der Waals surface area contributed by atoms with Gasteiger partial charge in [-0.2, -0.15) is 5.10 Å². The second kappa shape index (κ2) is 4.94. The quantitative estimate of drug-likeness (QED) is 0.901. The van der Waals surface area contributed by atoms with E-state index < -0.39 is 0 Å². The third-order valence-corrected chi connectivity index (χ3v) is 3.47. The molecule has 0 bridgehead atoms. The number of aliphatic hydroxyl groups excluding tert-OH is 1. The van der Waals surface area contributed by atoms with Crippen LogP contribution in [0.25, 0.3) is 5.69 Å². The summed E-state index contributed by atoms with van der Waals surface area (Å²) >= 11 is 0. The van der Waals surface area contributed by atoms with Crippen LogP contribution in [0.3, 0.4) is 0 Å². The van der Waals surface area contributed by atoms with Crippen molar-refractivity contribution in [3.8, 4) is 5.69 Å². The van der Waals surface area contributed by atoms with Crippen LogP contribution >= 0.6 is 0 Å². The molecule has 1 aromatic heterocycles. The van der Waals surface area contributed by atoms with Gasteiger partial charge in [0, 0.05) is 5.69 Å². The average molecular weight is 244 g/mol. The number of aryl methyl sites for hydroxylation is 2. The molecule has 1 heterocycles. The van der Waals surface area contributed by atoms with Gasteiger partial charge in [-0.1, -0.05) is 19.1 Å². The maximum atomic E-state index is 9.14. The van der Waals surface area contributed by atoms with Gasteiger partial charge in [0.25, 0.3) is 0 Å². The van der Waals surface area contributed by atoms with Crippen molar-refractivity contribution in [1.82, 2.24) is 9.78 Å². The molecule has 0 unspecified atom stereocenters. The van der Waals surface area contributed by atoms with Gasteiger partial charge in [-0.3, -0.25) is 0 Å². The van der Waals surface area contributed by atoms with Crippen molar-refractivity contribution in [2.75, 3.05) is 0 Å². The Bertz CT molecular complexity index is 570. The van der Waals surface area contributed by atoms with Crippen LogP contribution in [0.2, 0.25) is 0 Å². The molecule has 2 aromatic rings. The van der Waals surface area contributed by atoms with Crippen LogP contribution in [0, 0.1) is 20.8 Å². The molecule has 1 N–H and O–H groups in total. The van der Waals surface area contributed by atoms with Crippen LogP contribution in [0.15, 0.2) is 18.2 Å². The Morgan fingerprint density at radius 3 is 2.44 bits per heavy atom. The predicted molar refractivity (Wildman–Crippen MR) is 73.1 cm³/mol. The Labute approximate surface area is 108 Å². The molecular formula is C15H20N2O. The van der Waals surface area contributed by atoms with Gasteiger partial charge in [0.2, 0.25) is 0 Å². The molecule has 0 aliphatic rings. The largest absolute Gasteiger partial charge is 0.392 e. The summed E-state index contributed by atoms with van der Waals surface area (Å²) in [5.74, 6) is 0. The lowest BCUT2D eigenvalue weighted by Gasteiger charge is -2.10. The molecule has 0 saturated heterocycles. The average Bonchev–Trinajstić information content (AvgIpc) is 2.64. The molecule has 96 valence electrons. The highest BCUT2D eigenvalue weighted by atomic mass is 16.3. The molecule has 0 radical (unpaired) electrons. The van der Waals surface area contributed by atoms with E-state index in [1.54, 1.807) is 0 Å². The van der Waals surface area contributed by atoms with Gasteiger partial charge in [0.1, 0.15) is 0 Å². The monoisotopic (exact) mass is 244 g/mol. The van der Waals surface area contributed by atoms with Crippen molar-refractivity contribution < 1.29 is 5.11 Å². The lowest BCUT2D eigenvalue weighted by Crippen LogP contribution is -2.02. The van der Waals surface area contributed by atoms with E-state index in [-0.39, 0.29) is 6.61 Å². The van der Waals surface area contributed by atoms with Crippen LogP contribution in [0.5, 0.6) is 0 Å². The van der Waals surface area contributed by atoms with Crippen LogP contribution in [0.1, 0.15) is 35.0 Å². The summed E-state index contributed by atoms with van der Waals surface area (Å²) in [5, 5.41) is 13.8. The molecule has 0 amide bonds. The minimum Gasteiger partial charge on any atom is -0.392 e. The number of nitrogens with zero attached hydrogens (tertiary/aromatic N) is 2. The van der Waals surface area contributed by atoms with Gasteiger partial charge >= 0.3 is 0 Å². The summed E-state index contributed by atoms with van der Waals surface area (Å²) < 4.78 is 2.00. The SMILES string of the molecule is CCc1c(C)nn(-c2ccc(CO)cc2C)c1C. The zero-order valence-electron chi connectivity index (χ0n) is 11.5. The van der Waals surface area contributed by atoms with Crippen molar-refractivity contribution in [3.05, 3.63) is 46.3 Å². The maximum Gasteiger partial charge on any atom is 0.0681 e. The molecule has 0 aliphatic heterocycles. The van der Waals surface area contributed by atoms with E-state index in [0.29, 0.717) is 0 Å². The molecule has 0 atom stereocenters. The number of benzene rings is 1. The van der Waals surface area contributed by atoms with Crippen molar-refractivity contribution >= 4 is 0 Å². The number of hydrogen-bond acceptors (Lipinski definition) is 2. The molecule has 0 spiro atoms. The molecule has 3 heteroatoms. The molecule has 3 nitrogen and oxygen atoms in total. The zero-order valence-corrected chi connectivity index (χ0v) is 11.5. The van der Waals surface area contributed by atoms with Gasteiger partial charge in [0.05, 0.1) is 18.0 Å². The number of aliphatic hydroxyl groups is 1. The Hall–Kier alpha value is -1.61. The summed E-state index contributed by atoms with van der Waals surface area (Å²) in [6, 6.07) is 5.99. The van der Waals surface area contributed by atoms with Crippen LogP contribution < -0.4 is 0 Å². The molecule has 0 aliphatic carbocycles. The van der Waals surface area contributed by atoms with Gasteiger partial charge in [-0.25, -0.2) is 4.68 Å². The second-order valence-corrected chi connectivity index (χ2v) is 4.69. The van der Waals surface area contributed by atoms with E-state index >= 15 is 0 Å². The minimum atomic E-state index is 0.0818. The standard InChI is InChI=1S/C15H20N2O/c1-5-14-11(3)16-17(12(14)4)15-7-6-13(9-18)8-10(15)2/h6-8,18H,5,9H2,1-4H3. The Kier molecular flexibility index (Phi) is 3.53.